The van der Waals surface area contributed by atoms with Crippen LogP contribution >= 0.6 is 35.7 Å². The van der Waals surface area contributed by atoms with E-state index in [1.54, 1.807) is 0 Å². The molecule has 1 aromatic rings. The minimum atomic E-state index is 0. The van der Waals surface area contributed by atoms with Gasteiger partial charge in [-0.15, -0.1) is 24.0 Å². The van der Waals surface area contributed by atoms with Crippen molar-refractivity contribution in [2.45, 2.75) is 32.2 Å². The van der Waals surface area contributed by atoms with Gasteiger partial charge in [-0.2, -0.15) is 11.8 Å². The van der Waals surface area contributed by atoms with Crippen molar-refractivity contribution >= 4 is 41.7 Å². The third-order valence-electron chi connectivity index (χ3n) is 3.13. The van der Waals surface area contributed by atoms with Gasteiger partial charge in [0.05, 0.1) is 0 Å². The largest absolute Gasteiger partial charge is 0.356 e. The summed E-state index contributed by atoms with van der Waals surface area (Å²) in [6.45, 7) is 3.18. The molecule has 0 saturated heterocycles. The molecular weight excluding hydrogens is 393 g/mol. The Balaban J connectivity index is 0.00000400. The lowest BCUT2D eigenvalue weighted by Crippen LogP contribution is -2.42. The maximum Gasteiger partial charge on any atom is 0.191 e. The summed E-state index contributed by atoms with van der Waals surface area (Å²) in [6.07, 6.45) is 5.51. The van der Waals surface area contributed by atoms with E-state index in [0.717, 1.165) is 25.3 Å². The van der Waals surface area contributed by atoms with Gasteiger partial charge in [0.25, 0.3) is 0 Å². The number of halogens is 1. The highest BCUT2D eigenvalue weighted by Gasteiger charge is 2.05. The van der Waals surface area contributed by atoms with Crippen LogP contribution in [-0.2, 0) is 6.42 Å². The zero-order valence-electron chi connectivity index (χ0n) is 13.3. The fraction of sp³-hybridized carbons (Fsp3) is 0.562. The summed E-state index contributed by atoms with van der Waals surface area (Å²) >= 11 is 1.88. The van der Waals surface area contributed by atoms with Crippen LogP contribution < -0.4 is 10.6 Å². The predicted molar refractivity (Wildman–Crippen MR) is 107 cm³/mol. The van der Waals surface area contributed by atoms with Crippen LogP contribution in [0.4, 0.5) is 0 Å². The van der Waals surface area contributed by atoms with Crippen LogP contribution in [0.1, 0.15) is 25.3 Å². The van der Waals surface area contributed by atoms with Crippen molar-refractivity contribution in [3.8, 4) is 0 Å². The zero-order chi connectivity index (χ0) is 14.6. The van der Waals surface area contributed by atoms with Gasteiger partial charge >= 0.3 is 0 Å². The number of nitrogens with one attached hydrogen (secondary N) is 2. The number of hydrogen-bond acceptors (Lipinski definition) is 2. The Bertz CT molecular complexity index is 384. The minimum Gasteiger partial charge on any atom is -0.356 e. The number of hydrogen-bond donors (Lipinski definition) is 2. The van der Waals surface area contributed by atoms with Gasteiger partial charge in [-0.05, 0) is 43.8 Å². The minimum absolute atomic E-state index is 0. The lowest BCUT2D eigenvalue weighted by Gasteiger charge is -2.18. The zero-order valence-corrected chi connectivity index (χ0v) is 16.4. The van der Waals surface area contributed by atoms with Crippen molar-refractivity contribution in [2.24, 2.45) is 4.99 Å². The van der Waals surface area contributed by atoms with Crippen LogP contribution in [0.25, 0.3) is 0 Å². The fourth-order valence-corrected chi connectivity index (χ4v) is 2.38. The molecule has 3 nitrogen and oxygen atoms in total. The summed E-state index contributed by atoms with van der Waals surface area (Å²) in [6, 6.07) is 11.0. The van der Waals surface area contributed by atoms with Gasteiger partial charge in [-0.3, -0.25) is 4.99 Å². The van der Waals surface area contributed by atoms with E-state index in [4.69, 9.17) is 0 Å². The van der Waals surface area contributed by atoms with Gasteiger partial charge in [0.1, 0.15) is 0 Å². The molecule has 120 valence electrons. The molecule has 5 heteroatoms. The first kappa shape index (κ1) is 20.6. The van der Waals surface area contributed by atoms with E-state index < -0.39 is 0 Å². The van der Waals surface area contributed by atoms with Gasteiger partial charge in [-0.25, -0.2) is 0 Å². The highest BCUT2D eigenvalue weighted by atomic mass is 127. The summed E-state index contributed by atoms with van der Waals surface area (Å²) in [5, 5.41) is 6.80. The van der Waals surface area contributed by atoms with E-state index in [2.05, 4.69) is 59.1 Å². The number of rotatable bonds is 8. The molecule has 0 bridgehead atoms. The Morgan fingerprint density at radius 1 is 1.29 bits per heavy atom. The normalized spacial score (nSPS) is 12.4. The number of nitrogens with zero attached hydrogens (tertiary/aromatic N) is 1. The number of benzene rings is 1. The molecule has 0 aliphatic heterocycles. The molecule has 0 aliphatic carbocycles. The standard InChI is InChI=1S/C16H27N3S.HI/c1-14(10-11-15-8-5-4-6-9-15)19-16(17-2)18-12-7-13-20-3;/h4-6,8-9,14H,7,10-13H2,1-3H3,(H2,17,18,19);1H. The molecule has 1 aromatic carbocycles. The molecule has 0 heterocycles. The molecule has 1 atom stereocenters. The predicted octanol–water partition coefficient (Wildman–Crippen LogP) is 3.54. The van der Waals surface area contributed by atoms with Crippen LogP contribution in [0.5, 0.6) is 0 Å². The quantitative estimate of drug-likeness (QED) is 0.292. The van der Waals surface area contributed by atoms with Crippen molar-refractivity contribution in [3.05, 3.63) is 35.9 Å². The summed E-state index contributed by atoms with van der Waals surface area (Å²) in [7, 11) is 1.83. The first-order chi connectivity index (χ1) is 9.76. The number of aliphatic imine (C=N–C) groups is 1. The Labute approximate surface area is 150 Å². The van der Waals surface area contributed by atoms with Crippen molar-refractivity contribution in [2.75, 3.05) is 25.6 Å². The Morgan fingerprint density at radius 2 is 2.00 bits per heavy atom. The van der Waals surface area contributed by atoms with Crippen LogP contribution in [0, 0.1) is 0 Å². The second-order valence-corrected chi connectivity index (χ2v) is 5.90. The van der Waals surface area contributed by atoms with Gasteiger partial charge in [0, 0.05) is 19.6 Å². The van der Waals surface area contributed by atoms with Gasteiger partial charge in [0.15, 0.2) is 5.96 Å². The van der Waals surface area contributed by atoms with E-state index in [-0.39, 0.29) is 24.0 Å². The van der Waals surface area contributed by atoms with Gasteiger partial charge < -0.3 is 10.6 Å². The van der Waals surface area contributed by atoms with E-state index in [1.807, 2.05) is 18.8 Å². The SMILES string of the molecule is CN=C(NCCCSC)NC(C)CCc1ccccc1.I. The molecule has 0 radical (unpaired) electrons. The third kappa shape index (κ3) is 10.0. The van der Waals surface area contributed by atoms with E-state index in [9.17, 15) is 0 Å². The average molecular weight is 421 g/mol. The van der Waals surface area contributed by atoms with Crippen molar-refractivity contribution < 1.29 is 0 Å². The lowest BCUT2D eigenvalue weighted by molar-refractivity contribution is 0.593. The van der Waals surface area contributed by atoms with Crippen molar-refractivity contribution in [3.63, 3.8) is 0 Å². The van der Waals surface area contributed by atoms with E-state index in [1.165, 1.54) is 17.7 Å². The summed E-state index contributed by atoms with van der Waals surface area (Å²) in [5.74, 6) is 2.10. The summed E-state index contributed by atoms with van der Waals surface area (Å²) in [4.78, 5) is 4.27. The number of aryl methyl sites for hydroxylation is 1. The van der Waals surface area contributed by atoms with Gasteiger partial charge in [0.2, 0.25) is 0 Å². The molecule has 1 rings (SSSR count). The lowest BCUT2D eigenvalue weighted by atomic mass is 10.1. The van der Waals surface area contributed by atoms with Crippen LogP contribution in [-0.4, -0.2) is 37.6 Å². The molecule has 0 aliphatic rings. The molecular formula is C16H28IN3S. The molecule has 0 fully saturated rings. The Morgan fingerprint density at radius 3 is 2.62 bits per heavy atom. The molecule has 0 saturated carbocycles. The van der Waals surface area contributed by atoms with Crippen LogP contribution in [0.2, 0.25) is 0 Å². The van der Waals surface area contributed by atoms with Crippen LogP contribution in [0.15, 0.2) is 35.3 Å². The fourth-order valence-electron chi connectivity index (χ4n) is 1.95. The van der Waals surface area contributed by atoms with Crippen molar-refractivity contribution in [1.82, 2.24) is 10.6 Å². The van der Waals surface area contributed by atoms with Crippen molar-refractivity contribution in [1.29, 1.82) is 0 Å². The van der Waals surface area contributed by atoms with E-state index in [0.29, 0.717) is 6.04 Å². The number of thioether (sulfide) groups is 1. The second-order valence-electron chi connectivity index (χ2n) is 4.92. The monoisotopic (exact) mass is 421 g/mol. The maximum absolute atomic E-state index is 4.27. The smallest absolute Gasteiger partial charge is 0.191 e. The highest BCUT2D eigenvalue weighted by Crippen LogP contribution is 2.04. The molecule has 0 amide bonds. The Hall–Kier alpha value is -0.430. The van der Waals surface area contributed by atoms with E-state index >= 15 is 0 Å². The molecule has 1 unspecified atom stereocenters. The highest BCUT2D eigenvalue weighted by molar-refractivity contribution is 14.0. The average Bonchev–Trinajstić information content (AvgIpc) is 2.49. The topological polar surface area (TPSA) is 36.4 Å². The second kappa shape index (κ2) is 13.2. The molecule has 21 heavy (non-hydrogen) atoms. The molecule has 2 N–H and O–H groups in total. The summed E-state index contributed by atoms with van der Waals surface area (Å²) in [5.41, 5.74) is 1.39. The first-order valence-electron chi connectivity index (χ1n) is 7.26. The third-order valence-corrected chi connectivity index (χ3v) is 3.83. The maximum atomic E-state index is 4.27. The molecule has 0 spiro atoms. The Kier molecular flexibility index (Phi) is 13.0. The van der Waals surface area contributed by atoms with Gasteiger partial charge in [-0.1, -0.05) is 30.3 Å². The molecule has 0 aromatic heterocycles. The summed E-state index contributed by atoms with van der Waals surface area (Å²) < 4.78 is 0. The first-order valence-corrected chi connectivity index (χ1v) is 8.65. The number of guanidine groups is 1. The van der Waals surface area contributed by atoms with Crippen LogP contribution in [0.3, 0.4) is 0 Å².